The molecule has 0 aromatic rings. The molecule has 0 heterocycles. The van der Waals surface area contributed by atoms with Crippen molar-refractivity contribution in [3.8, 4) is 0 Å². The number of hydrogen-bond donors (Lipinski definition) is 2. The zero-order chi connectivity index (χ0) is 16.7. The van der Waals surface area contributed by atoms with Crippen molar-refractivity contribution < 1.29 is 14.3 Å². The van der Waals surface area contributed by atoms with Gasteiger partial charge in [0.15, 0.2) is 0 Å². The Balaban J connectivity index is 1.90. The number of carbonyl (C=O) groups excluding carboxylic acids is 2. The van der Waals surface area contributed by atoms with Gasteiger partial charge in [-0.2, -0.15) is 0 Å². The lowest BCUT2D eigenvalue weighted by molar-refractivity contribution is -0.148. The standard InChI is InChI=1S/C18H32N2O3/c1-2-23-18(22)16(12-13-8-10-15(19)11-9-13)20-17(21)14-6-4-3-5-7-14/h13-16H,2-12,19H2,1H3,(H,20,21). The van der Waals surface area contributed by atoms with Crippen LogP contribution in [0.5, 0.6) is 0 Å². The second-order valence-electron chi connectivity index (χ2n) is 7.16. The summed E-state index contributed by atoms with van der Waals surface area (Å²) in [5.41, 5.74) is 5.95. The lowest BCUT2D eigenvalue weighted by Crippen LogP contribution is -2.46. The fourth-order valence-electron chi connectivity index (χ4n) is 3.87. The van der Waals surface area contributed by atoms with E-state index in [1.807, 2.05) is 0 Å². The van der Waals surface area contributed by atoms with E-state index in [0.717, 1.165) is 51.4 Å². The average Bonchev–Trinajstić information content (AvgIpc) is 2.57. The molecule has 2 fully saturated rings. The first-order chi connectivity index (χ1) is 11.1. The van der Waals surface area contributed by atoms with Gasteiger partial charge < -0.3 is 15.8 Å². The van der Waals surface area contributed by atoms with Gasteiger partial charge in [-0.1, -0.05) is 19.3 Å². The number of ether oxygens (including phenoxy) is 1. The highest BCUT2D eigenvalue weighted by molar-refractivity contribution is 5.85. The van der Waals surface area contributed by atoms with E-state index in [1.165, 1.54) is 6.42 Å². The maximum atomic E-state index is 12.5. The molecular weight excluding hydrogens is 292 g/mol. The van der Waals surface area contributed by atoms with Gasteiger partial charge in [0.2, 0.25) is 5.91 Å². The minimum absolute atomic E-state index is 0.0373. The number of carbonyl (C=O) groups is 2. The molecule has 1 unspecified atom stereocenters. The molecule has 0 bridgehead atoms. The number of amides is 1. The molecule has 0 aromatic heterocycles. The fraction of sp³-hybridized carbons (Fsp3) is 0.889. The Bertz CT molecular complexity index is 386. The SMILES string of the molecule is CCOC(=O)C(CC1CCC(N)CC1)NC(=O)C1CCCCC1. The van der Waals surface area contributed by atoms with Gasteiger partial charge in [-0.05, 0) is 57.8 Å². The Morgan fingerprint density at radius 2 is 1.74 bits per heavy atom. The first-order valence-corrected chi connectivity index (χ1v) is 9.32. The molecule has 2 saturated carbocycles. The summed E-state index contributed by atoms with van der Waals surface area (Å²) in [7, 11) is 0. The molecule has 1 atom stereocenters. The topological polar surface area (TPSA) is 81.4 Å². The predicted octanol–water partition coefficient (Wildman–Crippen LogP) is 2.52. The van der Waals surface area contributed by atoms with Crippen molar-refractivity contribution in [2.45, 2.75) is 83.2 Å². The molecule has 3 N–H and O–H groups in total. The Kier molecular flexibility index (Phi) is 7.34. The molecule has 0 spiro atoms. The van der Waals surface area contributed by atoms with Crippen LogP contribution in [0.15, 0.2) is 0 Å². The Hall–Kier alpha value is -1.10. The van der Waals surface area contributed by atoms with E-state index in [9.17, 15) is 9.59 Å². The van der Waals surface area contributed by atoms with Gasteiger partial charge in [0, 0.05) is 12.0 Å². The van der Waals surface area contributed by atoms with Gasteiger partial charge in [0.1, 0.15) is 6.04 Å². The van der Waals surface area contributed by atoms with Crippen LogP contribution in [0, 0.1) is 11.8 Å². The van der Waals surface area contributed by atoms with Gasteiger partial charge in [0.05, 0.1) is 6.61 Å². The smallest absolute Gasteiger partial charge is 0.328 e. The largest absolute Gasteiger partial charge is 0.464 e. The minimum atomic E-state index is -0.497. The van der Waals surface area contributed by atoms with Crippen LogP contribution < -0.4 is 11.1 Å². The molecular formula is C18H32N2O3. The Labute approximate surface area is 139 Å². The first-order valence-electron chi connectivity index (χ1n) is 9.32. The highest BCUT2D eigenvalue weighted by atomic mass is 16.5. The van der Waals surface area contributed by atoms with Gasteiger partial charge in [-0.15, -0.1) is 0 Å². The lowest BCUT2D eigenvalue weighted by Gasteiger charge is -2.30. The maximum absolute atomic E-state index is 12.5. The Morgan fingerprint density at radius 1 is 1.09 bits per heavy atom. The van der Waals surface area contributed by atoms with Crippen molar-refractivity contribution in [2.75, 3.05) is 6.61 Å². The summed E-state index contributed by atoms with van der Waals surface area (Å²) in [6.45, 7) is 2.15. The Morgan fingerprint density at radius 3 is 2.35 bits per heavy atom. The van der Waals surface area contributed by atoms with Crippen LogP contribution in [-0.2, 0) is 14.3 Å². The molecule has 2 aliphatic rings. The van der Waals surface area contributed by atoms with Crippen LogP contribution in [0.3, 0.4) is 0 Å². The summed E-state index contributed by atoms with van der Waals surface area (Å²) in [6, 6.07) is -0.201. The molecule has 5 nitrogen and oxygen atoms in total. The third-order valence-corrected chi connectivity index (χ3v) is 5.32. The van der Waals surface area contributed by atoms with Crippen LogP contribution in [0.1, 0.15) is 71.1 Å². The van der Waals surface area contributed by atoms with Crippen LogP contribution in [-0.4, -0.2) is 30.6 Å². The molecule has 0 aliphatic heterocycles. The van der Waals surface area contributed by atoms with Crippen molar-refractivity contribution in [2.24, 2.45) is 17.6 Å². The first kappa shape index (κ1) is 18.2. The molecule has 0 saturated heterocycles. The second-order valence-corrected chi connectivity index (χ2v) is 7.16. The molecule has 23 heavy (non-hydrogen) atoms. The van der Waals surface area contributed by atoms with E-state index in [-0.39, 0.29) is 17.8 Å². The monoisotopic (exact) mass is 324 g/mol. The highest BCUT2D eigenvalue weighted by Crippen LogP contribution is 2.28. The molecule has 5 heteroatoms. The van der Waals surface area contributed by atoms with Crippen LogP contribution in [0.2, 0.25) is 0 Å². The van der Waals surface area contributed by atoms with Crippen LogP contribution in [0.4, 0.5) is 0 Å². The van der Waals surface area contributed by atoms with Crippen molar-refractivity contribution in [1.82, 2.24) is 5.32 Å². The number of hydrogen-bond acceptors (Lipinski definition) is 4. The van der Waals surface area contributed by atoms with Crippen molar-refractivity contribution in [3.05, 3.63) is 0 Å². The fourth-order valence-corrected chi connectivity index (χ4v) is 3.87. The minimum Gasteiger partial charge on any atom is -0.464 e. The summed E-state index contributed by atoms with van der Waals surface area (Å²) in [4.78, 5) is 24.7. The predicted molar refractivity (Wildman–Crippen MR) is 89.7 cm³/mol. The molecule has 2 rings (SSSR count). The van der Waals surface area contributed by atoms with Crippen molar-refractivity contribution in [1.29, 1.82) is 0 Å². The summed E-state index contributed by atoms with van der Waals surface area (Å²) >= 11 is 0. The molecule has 0 radical (unpaired) electrons. The summed E-state index contributed by atoms with van der Waals surface area (Å²) in [5.74, 6) is 0.276. The van der Waals surface area contributed by atoms with Crippen LogP contribution in [0.25, 0.3) is 0 Å². The number of nitrogens with two attached hydrogens (primary N) is 1. The maximum Gasteiger partial charge on any atom is 0.328 e. The molecule has 0 aromatic carbocycles. The van der Waals surface area contributed by atoms with Gasteiger partial charge >= 0.3 is 5.97 Å². The van der Waals surface area contributed by atoms with Crippen molar-refractivity contribution in [3.63, 3.8) is 0 Å². The number of nitrogens with one attached hydrogen (secondary N) is 1. The highest BCUT2D eigenvalue weighted by Gasteiger charge is 2.30. The van der Waals surface area contributed by atoms with Gasteiger partial charge in [0.25, 0.3) is 0 Å². The number of esters is 1. The van der Waals surface area contributed by atoms with Crippen molar-refractivity contribution >= 4 is 11.9 Å². The zero-order valence-electron chi connectivity index (χ0n) is 14.4. The van der Waals surface area contributed by atoms with E-state index in [1.54, 1.807) is 6.92 Å². The zero-order valence-corrected chi connectivity index (χ0v) is 14.4. The van der Waals surface area contributed by atoms with E-state index in [2.05, 4.69) is 5.32 Å². The summed E-state index contributed by atoms with van der Waals surface area (Å²) in [6.07, 6.45) is 10.1. The third-order valence-electron chi connectivity index (χ3n) is 5.32. The van der Waals surface area contributed by atoms with E-state index < -0.39 is 6.04 Å². The summed E-state index contributed by atoms with van der Waals surface area (Å²) < 4.78 is 5.18. The quantitative estimate of drug-likeness (QED) is 0.736. The summed E-state index contributed by atoms with van der Waals surface area (Å²) in [5, 5.41) is 2.99. The normalized spacial score (nSPS) is 27.2. The van der Waals surface area contributed by atoms with E-state index in [4.69, 9.17) is 10.5 Å². The van der Waals surface area contributed by atoms with Gasteiger partial charge in [-0.25, -0.2) is 4.79 Å². The lowest BCUT2D eigenvalue weighted by atomic mass is 9.82. The molecule has 2 aliphatic carbocycles. The molecule has 132 valence electrons. The van der Waals surface area contributed by atoms with E-state index >= 15 is 0 Å². The average molecular weight is 324 g/mol. The number of rotatable bonds is 6. The molecule has 1 amide bonds. The van der Waals surface area contributed by atoms with Crippen LogP contribution >= 0.6 is 0 Å². The van der Waals surface area contributed by atoms with E-state index in [0.29, 0.717) is 25.0 Å². The second kappa shape index (κ2) is 9.26. The third kappa shape index (κ3) is 5.79. The van der Waals surface area contributed by atoms with Gasteiger partial charge in [-0.3, -0.25) is 4.79 Å².